The van der Waals surface area contributed by atoms with Gasteiger partial charge in [-0.05, 0) is 17.6 Å². The number of hydrogen-bond donors (Lipinski definition) is 1. The molecule has 0 aliphatic heterocycles. The minimum absolute atomic E-state index is 0.0549. The molecule has 0 radical (unpaired) electrons. The van der Waals surface area contributed by atoms with Gasteiger partial charge in [0.25, 0.3) is 0 Å². The van der Waals surface area contributed by atoms with Crippen molar-refractivity contribution in [2.75, 3.05) is 0 Å². The highest BCUT2D eigenvalue weighted by atomic mass is 31.2. The Hall–Kier alpha value is -2.41. The molecule has 0 aliphatic carbocycles. The number of aliphatic hydroxyl groups excluding tert-OH is 1. The summed E-state index contributed by atoms with van der Waals surface area (Å²) in [5.41, 5.74) is 0.930. The summed E-state index contributed by atoms with van der Waals surface area (Å²) >= 11 is 0. The third-order valence-corrected chi connectivity index (χ3v) is 7.82. The molecule has 0 aromatic heterocycles. The molecule has 27 heavy (non-hydrogen) atoms. The van der Waals surface area contributed by atoms with E-state index >= 15 is 0 Å². The highest BCUT2D eigenvalue weighted by molar-refractivity contribution is 7.82. The van der Waals surface area contributed by atoms with Crippen molar-refractivity contribution in [1.82, 2.24) is 0 Å². The van der Waals surface area contributed by atoms with Crippen LogP contribution < -0.4 is 10.6 Å². The van der Waals surface area contributed by atoms with Crippen LogP contribution in [0.1, 0.15) is 19.4 Å². The van der Waals surface area contributed by atoms with Gasteiger partial charge in [0.1, 0.15) is 0 Å². The minimum Gasteiger partial charge on any atom is -0.388 e. The van der Waals surface area contributed by atoms with Crippen LogP contribution in [0.25, 0.3) is 6.08 Å². The molecule has 1 atom stereocenters. The lowest BCUT2D eigenvalue weighted by atomic mass is 10.1. The van der Waals surface area contributed by atoms with Gasteiger partial charge in [-0.2, -0.15) is 0 Å². The van der Waals surface area contributed by atoms with Gasteiger partial charge in [-0.15, -0.1) is 0 Å². The standard InChI is InChI=1S/C24H25O2P/c1-19(2)24(25)23(18-20-12-6-3-7-13-20)27(26,21-14-8-4-9-15-21)22-16-10-5-11-17-22/h3-19,24-25H,1-2H3/b23-18+. The second-order valence-corrected chi connectivity index (χ2v) is 9.72. The van der Waals surface area contributed by atoms with Crippen LogP contribution in [0.15, 0.2) is 96.3 Å². The predicted octanol–water partition coefficient (Wildman–Crippen LogP) is 5.06. The zero-order chi connectivity index (χ0) is 19.3. The smallest absolute Gasteiger partial charge is 0.169 e. The lowest BCUT2D eigenvalue weighted by molar-refractivity contribution is 0.168. The molecule has 0 heterocycles. The topological polar surface area (TPSA) is 37.3 Å². The third kappa shape index (κ3) is 4.13. The Morgan fingerprint density at radius 3 is 1.59 bits per heavy atom. The fourth-order valence-electron chi connectivity index (χ4n) is 3.15. The maximum atomic E-state index is 14.6. The van der Waals surface area contributed by atoms with Crippen LogP contribution in [0.2, 0.25) is 0 Å². The molecule has 0 aliphatic rings. The molecule has 3 aromatic rings. The molecule has 3 aromatic carbocycles. The number of benzene rings is 3. The summed E-state index contributed by atoms with van der Waals surface area (Å²) in [5.74, 6) is -0.0549. The molecule has 0 spiro atoms. The molecular formula is C24H25O2P. The normalized spacial score (nSPS) is 13.6. The molecule has 0 saturated heterocycles. The molecule has 3 heteroatoms. The van der Waals surface area contributed by atoms with Gasteiger partial charge in [0.15, 0.2) is 7.14 Å². The van der Waals surface area contributed by atoms with Crippen molar-refractivity contribution in [2.45, 2.75) is 20.0 Å². The number of rotatable bonds is 6. The van der Waals surface area contributed by atoms with Crippen LogP contribution in [-0.2, 0) is 4.57 Å². The summed E-state index contributed by atoms with van der Waals surface area (Å²) in [4.78, 5) is 0. The summed E-state index contributed by atoms with van der Waals surface area (Å²) in [6.45, 7) is 3.90. The predicted molar refractivity (Wildman–Crippen MR) is 115 cm³/mol. The monoisotopic (exact) mass is 376 g/mol. The minimum atomic E-state index is -3.20. The van der Waals surface area contributed by atoms with Gasteiger partial charge in [-0.1, -0.05) is 105 Å². The summed E-state index contributed by atoms with van der Waals surface area (Å²) in [6, 6.07) is 28.7. The SMILES string of the molecule is CC(C)C(O)/C(=C\c1ccccc1)P(=O)(c1ccccc1)c1ccccc1. The Morgan fingerprint density at radius 1 is 0.778 bits per heavy atom. The highest BCUT2D eigenvalue weighted by Crippen LogP contribution is 2.54. The first-order valence-electron chi connectivity index (χ1n) is 9.20. The zero-order valence-electron chi connectivity index (χ0n) is 15.7. The lowest BCUT2D eigenvalue weighted by Gasteiger charge is -2.28. The molecule has 3 rings (SSSR count). The number of aliphatic hydroxyl groups is 1. The summed E-state index contributed by atoms with van der Waals surface area (Å²) in [6.07, 6.45) is 1.09. The van der Waals surface area contributed by atoms with Crippen molar-refractivity contribution in [3.63, 3.8) is 0 Å². The summed E-state index contributed by atoms with van der Waals surface area (Å²) in [7, 11) is -3.20. The van der Waals surface area contributed by atoms with Crippen LogP contribution in [0.4, 0.5) is 0 Å². The van der Waals surface area contributed by atoms with Crippen molar-refractivity contribution in [1.29, 1.82) is 0 Å². The van der Waals surface area contributed by atoms with Crippen molar-refractivity contribution in [2.24, 2.45) is 5.92 Å². The van der Waals surface area contributed by atoms with Gasteiger partial charge in [0, 0.05) is 15.9 Å². The van der Waals surface area contributed by atoms with E-state index in [0.29, 0.717) is 5.31 Å². The third-order valence-electron chi connectivity index (χ3n) is 4.65. The van der Waals surface area contributed by atoms with E-state index in [2.05, 4.69) is 0 Å². The second-order valence-electron chi connectivity index (χ2n) is 6.95. The quantitative estimate of drug-likeness (QED) is 0.611. The number of hydrogen-bond acceptors (Lipinski definition) is 2. The summed E-state index contributed by atoms with van der Waals surface area (Å²) < 4.78 is 14.6. The van der Waals surface area contributed by atoms with E-state index in [1.54, 1.807) is 0 Å². The van der Waals surface area contributed by atoms with Crippen LogP contribution in [-0.4, -0.2) is 11.2 Å². The molecule has 138 valence electrons. The van der Waals surface area contributed by atoms with Crippen molar-refractivity contribution < 1.29 is 9.67 Å². The second kappa shape index (κ2) is 8.52. The van der Waals surface area contributed by atoms with E-state index in [4.69, 9.17) is 0 Å². The lowest BCUT2D eigenvalue weighted by Crippen LogP contribution is -2.26. The fourth-order valence-corrected chi connectivity index (χ4v) is 6.23. The Morgan fingerprint density at radius 2 is 1.19 bits per heavy atom. The van der Waals surface area contributed by atoms with Gasteiger partial charge < -0.3 is 9.67 Å². The Kier molecular flexibility index (Phi) is 6.11. The molecular weight excluding hydrogens is 351 g/mol. The molecule has 1 unspecified atom stereocenters. The van der Waals surface area contributed by atoms with Gasteiger partial charge in [-0.25, -0.2) is 0 Å². The van der Waals surface area contributed by atoms with Gasteiger partial charge in [0.2, 0.25) is 0 Å². The van der Waals surface area contributed by atoms with Crippen LogP contribution >= 0.6 is 7.14 Å². The van der Waals surface area contributed by atoms with Crippen molar-refractivity contribution in [3.8, 4) is 0 Å². The zero-order valence-corrected chi connectivity index (χ0v) is 16.6. The van der Waals surface area contributed by atoms with Gasteiger partial charge >= 0.3 is 0 Å². The first-order chi connectivity index (χ1) is 13.0. The van der Waals surface area contributed by atoms with Crippen molar-refractivity contribution in [3.05, 3.63) is 102 Å². The molecule has 1 N–H and O–H groups in total. The van der Waals surface area contributed by atoms with Gasteiger partial charge in [-0.3, -0.25) is 0 Å². The molecule has 0 fully saturated rings. The maximum Gasteiger partial charge on any atom is 0.169 e. The average Bonchev–Trinajstić information content (AvgIpc) is 2.73. The first kappa shape index (κ1) is 19.4. The van der Waals surface area contributed by atoms with E-state index in [9.17, 15) is 9.67 Å². The maximum absolute atomic E-state index is 14.6. The largest absolute Gasteiger partial charge is 0.388 e. The average molecular weight is 376 g/mol. The Bertz CT molecular complexity index is 888. The van der Waals surface area contributed by atoms with E-state index in [0.717, 1.165) is 16.2 Å². The molecule has 0 bridgehead atoms. The Labute approximate surface area is 161 Å². The fraction of sp³-hybridized carbons (Fsp3) is 0.167. The van der Waals surface area contributed by atoms with Crippen LogP contribution in [0.5, 0.6) is 0 Å². The summed E-state index contributed by atoms with van der Waals surface area (Å²) in [5, 5.41) is 13.1. The van der Waals surface area contributed by atoms with Crippen LogP contribution in [0, 0.1) is 5.92 Å². The first-order valence-corrected chi connectivity index (χ1v) is 10.9. The Balaban J connectivity index is 2.29. The molecule has 0 amide bonds. The van der Waals surface area contributed by atoms with Gasteiger partial charge in [0.05, 0.1) is 6.10 Å². The molecule has 2 nitrogen and oxygen atoms in total. The van der Waals surface area contributed by atoms with Crippen LogP contribution in [0.3, 0.4) is 0 Å². The molecule has 0 saturated carbocycles. The van der Waals surface area contributed by atoms with E-state index in [1.165, 1.54) is 0 Å². The van der Waals surface area contributed by atoms with E-state index in [1.807, 2.05) is 111 Å². The van der Waals surface area contributed by atoms with Crippen molar-refractivity contribution >= 4 is 23.8 Å². The van der Waals surface area contributed by atoms with E-state index in [-0.39, 0.29) is 5.92 Å². The van der Waals surface area contributed by atoms with E-state index < -0.39 is 13.2 Å². The highest BCUT2D eigenvalue weighted by Gasteiger charge is 2.36.